The summed E-state index contributed by atoms with van der Waals surface area (Å²) in [6, 6.07) is 0. The van der Waals surface area contributed by atoms with Crippen LogP contribution in [0, 0.1) is 0 Å². The van der Waals surface area contributed by atoms with Gasteiger partial charge in [-0.2, -0.15) is 0 Å². The fourth-order valence-corrected chi connectivity index (χ4v) is 1.82. The quantitative estimate of drug-likeness (QED) is 0.642. The van der Waals surface area contributed by atoms with Crippen LogP contribution in [0.5, 0.6) is 0 Å². The van der Waals surface area contributed by atoms with E-state index in [1.165, 1.54) is 19.3 Å². The monoisotopic (exact) mass is 244 g/mol. The minimum atomic E-state index is -1.06. The molecule has 0 aromatic rings. The SMILES string of the molecule is O=C(O)COCC(=O)NCCN1CCCCC1. The minimum absolute atomic E-state index is 0.188. The third kappa shape index (κ3) is 6.91. The number of hydrogen-bond donors (Lipinski definition) is 2. The van der Waals surface area contributed by atoms with Crippen LogP contribution in [0.4, 0.5) is 0 Å². The normalized spacial score (nSPS) is 16.7. The first-order valence-corrected chi connectivity index (χ1v) is 5.97. The summed E-state index contributed by atoms with van der Waals surface area (Å²) in [5.41, 5.74) is 0. The molecular weight excluding hydrogens is 224 g/mol. The Hall–Kier alpha value is -1.14. The first kappa shape index (κ1) is 13.9. The number of piperidine rings is 1. The van der Waals surface area contributed by atoms with E-state index in [9.17, 15) is 9.59 Å². The maximum absolute atomic E-state index is 11.2. The van der Waals surface area contributed by atoms with Gasteiger partial charge in [0, 0.05) is 13.1 Å². The fraction of sp³-hybridized carbons (Fsp3) is 0.818. The molecular formula is C11H20N2O4. The average molecular weight is 244 g/mol. The van der Waals surface area contributed by atoms with E-state index in [-0.39, 0.29) is 12.5 Å². The van der Waals surface area contributed by atoms with E-state index in [1.807, 2.05) is 0 Å². The molecule has 0 radical (unpaired) electrons. The zero-order chi connectivity index (χ0) is 12.5. The number of carbonyl (C=O) groups is 2. The van der Waals surface area contributed by atoms with Crippen molar-refractivity contribution in [3.05, 3.63) is 0 Å². The molecule has 1 amide bonds. The van der Waals surface area contributed by atoms with Crippen molar-refractivity contribution in [1.29, 1.82) is 0 Å². The molecule has 0 atom stereocenters. The number of ether oxygens (including phenoxy) is 1. The first-order chi connectivity index (χ1) is 8.18. The van der Waals surface area contributed by atoms with Crippen molar-refractivity contribution in [2.45, 2.75) is 19.3 Å². The molecule has 0 bridgehead atoms. The molecule has 0 saturated carbocycles. The van der Waals surface area contributed by atoms with Gasteiger partial charge in [0.15, 0.2) is 0 Å². The summed E-state index contributed by atoms with van der Waals surface area (Å²) in [5.74, 6) is -1.32. The van der Waals surface area contributed by atoms with Gasteiger partial charge in [0.25, 0.3) is 0 Å². The first-order valence-electron chi connectivity index (χ1n) is 5.97. The predicted molar refractivity (Wildman–Crippen MR) is 61.8 cm³/mol. The third-order valence-corrected chi connectivity index (χ3v) is 2.66. The number of amides is 1. The molecule has 1 saturated heterocycles. The molecule has 0 spiro atoms. The highest BCUT2D eigenvalue weighted by Crippen LogP contribution is 2.07. The van der Waals surface area contributed by atoms with E-state index in [0.717, 1.165) is 19.6 Å². The van der Waals surface area contributed by atoms with Gasteiger partial charge in [-0.3, -0.25) is 4.79 Å². The molecule has 1 fully saturated rings. The van der Waals surface area contributed by atoms with E-state index >= 15 is 0 Å². The van der Waals surface area contributed by atoms with Gasteiger partial charge in [0.05, 0.1) is 0 Å². The van der Waals surface area contributed by atoms with Crippen molar-refractivity contribution in [2.24, 2.45) is 0 Å². The highest BCUT2D eigenvalue weighted by Gasteiger charge is 2.10. The fourth-order valence-electron chi connectivity index (χ4n) is 1.82. The van der Waals surface area contributed by atoms with Crippen LogP contribution >= 0.6 is 0 Å². The van der Waals surface area contributed by atoms with Crippen LogP contribution in [0.1, 0.15) is 19.3 Å². The van der Waals surface area contributed by atoms with Gasteiger partial charge in [-0.25, -0.2) is 4.79 Å². The zero-order valence-electron chi connectivity index (χ0n) is 9.98. The largest absolute Gasteiger partial charge is 0.480 e. The standard InChI is InChI=1S/C11H20N2O4/c14-10(8-17-9-11(15)16)12-4-7-13-5-2-1-3-6-13/h1-9H2,(H,12,14)(H,15,16). The Labute approximate surface area is 101 Å². The molecule has 0 unspecified atom stereocenters. The maximum Gasteiger partial charge on any atom is 0.329 e. The average Bonchev–Trinajstić information content (AvgIpc) is 2.30. The van der Waals surface area contributed by atoms with Crippen LogP contribution in [-0.4, -0.2) is 61.3 Å². The Kier molecular flexibility index (Phi) is 6.57. The van der Waals surface area contributed by atoms with Crippen LogP contribution in [-0.2, 0) is 14.3 Å². The van der Waals surface area contributed by atoms with Crippen LogP contribution < -0.4 is 5.32 Å². The van der Waals surface area contributed by atoms with Gasteiger partial charge in [-0.05, 0) is 25.9 Å². The lowest BCUT2D eigenvalue weighted by molar-refractivity contribution is -0.143. The highest BCUT2D eigenvalue weighted by molar-refractivity contribution is 5.77. The number of rotatable bonds is 7. The lowest BCUT2D eigenvalue weighted by Gasteiger charge is -2.26. The van der Waals surface area contributed by atoms with E-state index in [0.29, 0.717) is 6.54 Å². The molecule has 6 nitrogen and oxygen atoms in total. The Balaban J connectivity index is 1.97. The van der Waals surface area contributed by atoms with E-state index in [4.69, 9.17) is 5.11 Å². The summed E-state index contributed by atoms with van der Waals surface area (Å²) < 4.78 is 4.67. The maximum atomic E-state index is 11.2. The molecule has 6 heteroatoms. The lowest BCUT2D eigenvalue weighted by atomic mass is 10.1. The molecule has 0 aromatic carbocycles. The van der Waals surface area contributed by atoms with Crippen LogP contribution in [0.15, 0.2) is 0 Å². The third-order valence-electron chi connectivity index (χ3n) is 2.66. The highest BCUT2D eigenvalue weighted by atomic mass is 16.5. The van der Waals surface area contributed by atoms with Crippen LogP contribution in [0.3, 0.4) is 0 Å². The van der Waals surface area contributed by atoms with Gasteiger partial charge in [0.2, 0.25) is 5.91 Å². The number of aliphatic carboxylic acids is 1. The number of hydrogen-bond acceptors (Lipinski definition) is 4. The number of carbonyl (C=O) groups excluding carboxylic acids is 1. The molecule has 1 heterocycles. The molecule has 0 aromatic heterocycles. The van der Waals surface area contributed by atoms with Gasteiger partial charge in [-0.15, -0.1) is 0 Å². The summed E-state index contributed by atoms with van der Waals surface area (Å²) in [6.45, 7) is 3.03. The predicted octanol–water partition coefficient (Wildman–Crippen LogP) is -0.310. The molecule has 0 aliphatic carbocycles. The molecule has 1 aliphatic heterocycles. The molecule has 17 heavy (non-hydrogen) atoms. The summed E-state index contributed by atoms with van der Waals surface area (Å²) in [7, 11) is 0. The van der Waals surface area contributed by atoms with Gasteiger partial charge < -0.3 is 20.1 Å². The van der Waals surface area contributed by atoms with Crippen molar-refractivity contribution in [3.8, 4) is 0 Å². The molecule has 98 valence electrons. The molecule has 1 rings (SSSR count). The van der Waals surface area contributed by atoms with Gasteiger partial charge >= 0.3 is 5.97 Å². The van der Waals surface area contributed by atoms with Gasteiger partial charge in [-0.1, -0.05) is 6.42 Å². The zero-order valence-corrected chi connectivity index (χ0v) is 9.98. The minimum Gasteiger partial charge on any atom is -0.480 e. The number of carboxylic acid groups (broad SMARTS) is 1. The lowest BCUT2D eigenvalue weighted by Crippen LogP contribution is -2.38. The van der Waals surface area contributed by atoms with Crippen molar-refractivity contribution < 1.29 is 19.4 Å². The second-order valence-electron chi connectivity index (χ2n) is 4.14. The topological polar surface area (TPSA) is 78.9 Å². The summed E-state index contributed by atoms with van der Waals surface area (Å²) in [5, 5.41) is 11.0. The van der Waals surface area contributed by atoms with Crippen molar-refractivity contribution in [1.82, 2.24) is 10.2 Å². The van der Waals surface area contributed by atoms with Crippen molar-refractivity contribution >= 4 is 11.9 Å². The number of nitrogens with zero attached hydrogens (tertiary/aromatic N) is 1. The second kappa shape index (κ2) is 8.03. The van der Waals surface area contributed by atoms with E-state index in [2.05, 4.69) is 15.0 Å². The summed E-state index contributed by atoms with van der Waals surface area (Å²) in [6.07, 6.45) is 3.76. The number of likely N-dealkylation sites (tertiary alicyclic amines) is 1. The van der Waals surface area contributed by atoms with Crippen molar-refractivity contribution in [2.75, 3.05) is 39.4 Å². The van der Waals surface area contributed by atoms with Crippen LogP contribution in [0.25, 0.3) is 0 Å². The Morgan fingerprint density at radius 2 is 1.88 bits per heavy atom. The Bertz CT molecular complexity index is 252. The number of carboxylic acids is 1. The smallest absolute Gasteiger partial charge is 0.329 e. The Morgan fingerprint density at radius 3 is 2.53 bits per heavy atom. The van der Waals surface area contributed by atoms with Crippen LogP contribution in [0.2, 0.25) is 0 Å². The van der Waals surface area contributed by atoms with E-state index in [1.54, 1.807) is 0 Å². The summed E-state index contributed by atoms with van der Waals surface area (Å²) >= 11 is 0. The van der Waals surface area contributed by atoms with Crippen molar-refractivity contribution in [3.63, 3.8) is 0 Å². The molecule has 1 aliphatic rings. The van der Waals surface area contributed by atoms with E-state index < -0.39 is 12.6 Å². The summed E-state index contributed by atoms with van der Waals surface area (Å²) in [4.78, 5) is 23.7. The second-order valence-corrected chi connectivity index (χ2v) is 4.14. The van der Waals surface area contributed by atoms with Gasteiger partial charge in [0.1, 0.15) is 13.2 Å². The molecule has 2 N–H and O–H groups in total. The Morgan fingerprint density at radius 1 is 1.18 bits per heavy atom. The number of nitrogens with one attached hydrogen (secondary N) is 1.